The fourth-order valence-corrected chi connectivity index (χ4v) is 2.48. The van der Waals surface area contributed by atoms with Crippen LogP contribution in [-0.2, 0) is 17.6 Å². The van der Waals surface area contributed by atoms with Crippen molar-refractivity contribution in [1.82, 2.24) is 5.32 Å². The summed E-state index contributed by atoms with van der Waals surface area (Å²) in [4.78, 5) is 11.9. The van der Waals surface area contributed by atoms with Gasteiger partial charge in [0.1, 0.15) is 5.82 Å². The Morgan fingerprint density at radius 3 is 2.35 bits per heavy atom. The van der Waals surface area contributed by atoms with Gasteiger partial charge in [0.15, 0.2) is 0 Å². The lowest BCUT2D eigenvalue weighted by Gasteiger charge is -2.07. The first-order valence-electron chi connectivity index (χ1n) is 8.12. The molecule has 0 bridgehead atoms. The molecule has 23 heavy (non-hydrogen) atoms. The Morgan fingerprint density at radius 2 is 1.65 bits per heavy atom. The lowest BCUT2D eigenvalue weighted by Crippen LogP contribution is -2.25. The highest BCUT2D eigenvalue weighted by Gasteiger charge is 2.03. The summed E-state index contributed by atoms with van der Waals surface area (Å²) < 4.78 is 12.8. The maximum atomic E-state index is 12.8. The van der Waals surface area contributed by atoms with Gasteiger partial charge in [-0.2, -0.15) is 0 Å². The molecule has 3 heteroatoms. The minimum Gasteiger partial charge on any atom is -0.356 e. The van der Waals surface area contributed by atoms with Gasteiger partial charge in [-0.05, 0) is 67.5 Å². The van der Waals surface area contributed by atoms with Gasteiger partial charge in [0.25, 0.3) is 0 Å². The van der Waals surface area contributed by atoms with Crippen LogP contribution in [0.25, 0.3) is 0 Å². The normalized spacial score (nSPS) is 10.6. The summed E-state index contributed by atoms with van der Waals surface area (Å²) in [6, 6.07) is 12.9. The second kappa shape index (κ2) is 8.47. The molecule has 0 unspecified atom stereocenters. The third-order valence-electron chi connectivity index (χ3n) is 4.09. The molecule has 122 valence electrons. The van der Waals surface area contributed by atoms with Gasteiger partial charge in [-0.15, -0.1) is 0 Å². The second-order valence-electron chi connectivity index (χ2n) is 6.00. The lowest BCUT2D eigenvalue weighted by atomic mass is 10.0. The molecule has 0 atom stereocenters. The summed E-state index contributed by atoms with van der Waals surface area (Å²) >= 11 is 0. The van der Waals surface area contributed by atoms with Crippen molar-refractivity contribution in [2.75, 3.05) is 6.54 Å². The first-order valence-corrected chi connectivity index (χ1v) is 8.12. The topological polar surface area (TPSA) is 29.1 Å². The SMILES string of the molecule is Cc1ccc(CCC(=O)NCCCc2ccc(F)cc2)cc1C. The van der Waals surface area contributed by atoms with Gasteiger partial charge in [0.2, 0.25) is 5.91 Å². The molecule has 1 amide bonds. The smallest absolute Gasteiger partial charge is 0.220 e. The highest BCUT2D eigenvalue weighted by Crippen LogP contribution is 2.11. The van der Waals surface area contributed by atoms with Crippen molar-refractivity contribution in [1.29, 1.82) is 0 Å². The highest BCUT2D eigenvalue weighted by atomic mass is 19.1. The van der Waals surface area contributed by atoms with Crippen molar-refractivity contribution in [3.05, 3.63) is 70.5 Å². The van der Waals surface area contributed by atoms with Gasteiger partial charge < -0.3 is 5.32 Å². The Bertz CT molecular complexity index is 649. The molecule has 1 N–H and O–H groups in total. The maximum absolute atomic E-state index is 12.8. The molecule has 0 heterocycles. The number of amides is 1. The van der Waals surface area contributed by atoms with Crippen LogP contribution in [0.2, 0.25) is 0 Å². The van der Waals surface area contributed by atoms with Crippen LogP contribution in [0, 0.1) is 19.7 Å². The molecule has 0 aliphatic heterocycles. The number of hydrogen-bond acceptors (Lipinski definition) is 1. The van der Waals surface area contributed by atoms with Crippen LogP contribution >= 0.6 is 0 Å². The fraction of sp³-hybridized carbons (Fsp3) is 0.350. The largest absolute Gasteiger partial charge is 0.356 e. The number of benzene rings is 2. The van der Waals surface area contributed by atoms with Gasteiger partial charge in [-0.1, -0.05) is 30.3 Å². The Labute approximate surface area is 137 Å². The van der Waals surface area contributed by atoms with Crippen LogP contribution in [0.3, 0.4) is 0 Å². The van der Waals surface area contributed by atoms with Crippen LogP contribution in [0.5, 0.6) is 0 Å². The number of carbonyl (C=O) groups is 1. The van der Waals surface area contributed by atoms with Crippen LogP contribution in [0.15, 0.2) is 42.5 Å². The van der Waals surface area contributed by atoms with Gasteiger partial charge in [0, 0.05) is 13.0 Å². The van der Waals surface area contributed by atoms with Gasteiger partial charge in [-0.3, -0.25) is 4.79 Å². The number of hydrogen-bond donors (Lipinski definition) is 1. The first kappa shape index (κ1) is 17.2. The second-order valence-corrected chi connectivity index (χ2v) is 6.00. The van der Waals surface area contributed by atoms with Crippen LogP contribution in [0.1, 0.15) is 35.1 Å². The molecule has 2 nitrogen and oxygen atoms in total. The minimum absolute atomic E-state index is 0.0855. The van der Waals surface area contributed by atoms with Gasteiger partial charge in [-0.25, -0.2) is 4.39 Å². The highest BCUT2D eigenvalue weighted by molar-refractivity contribution is 5.76. The Hall–Kier alpha value is -2.16. The van der Waals surface area contributed by atoms with E-state index >= 15 is 0 Å². The molecular formula is C20H24FNO. The zero-order valence-electron chi connectivity index (χ0n) is 13.9. The van der Waals surface area contributed by atoms with Gasteiger partial charge in [0.05, 0.1) is 0 Å². The molecule has 0 radical (unpaired) electrons. The Morgan fingerprint density at radius 1 is 0.957 bits per heavy atom. The van der Waals surface area contributed by atoms with E-state index in [0.29, 0.717) is 13.0 Å². The number of halogens is 1. The summed E-state index contributed by atoms with van der Waals surface area (Å²) in [5.74, 6) is -0.129. The van der Waals surface area contributed by atoms with E-state index in [1.54, 1.807) is 12.1 Å². The summed E-state index contributed by atoms with van der Waals surface area (Å²) in [5.41, 5.74) is 4.84. The summed E-state index contributed by atoms with van der Waals surface area (Å²) in [6.07, 6.45) is 2.99. The number of carbonyl (C=O) groups excluding carboxylic acids is 1. The third-order valence-corrected chi connectivity index (χ3v) is 4.09. The van der Waals surface area contributed by atoms with Gasteiger partial charge >= 0.3 is 0 Å². The van der Waals surface area contributed by atoms with Crippen molar-refractivity contribution in [3.8, 4) is 0 Å². The van der Waals surface area contributed by atoms with Crippen LogP contribution in [-0.4, -0.2) is 12.5 Å². The molecule has 2 rings (SSSR count). The molecular weight excluding hydrogens is 289 g/mol. The Balaban J connectivity index is 1.65. The molecule has 2 aromatic rings. The zero-order chi connectivity index (χ0) is 16.7. The van der Waals surface area contributed by atoms with E-state index in [2.05, 4.69) is 37.4 Å². The molecule has 0 aliphatic carbocycles. The van der Waals surface area contributed by atoms with Crippen molar-refractivity contribution in [3.63, 3.8) is 0 Å². The predicted molar refractivity (Wildman–Crippen MR) is 92.0 cm³/mol. The summed E-state index contributed by atoms with van der Waals surface area (Å²) in [5, 5.41) is 2.95. The molecule has 0 aliphatic rings. The molecule has 0 saturated carbocycles. The quantitative estimate of drug-likeness (QED) is 0.765. The van der Waals surface area contributed by atoms with Crippen molar-refractivity contribution in [2.24, 2.45) is 0 Å². The number of aryl methyl sites for hydroxylation is 4. The predicted octanol–water partition coefficient (Wildman–Crippen LogP) is 4.12. The van der Waals surface area contributed by atoms with E-state index in [4.69, 9.17) is 0 Å². The van der Waals surface area contributed by atoms with Crippen molar-refractivity contribution >= 4 is 5.91 Å². The Kier molecular flexibility index (Phi) is 6.33. The molecule has 0 aromatic heterocycles. The fourth-order valence-electron chi connectivity index (χ4n) is 2.48. The molecule has 0 spiro atoms. The van der Waals surface area contributed by atoms with Crippen molar-refractivity contribution in [2.45, 2.75) is 39.5 Å². The average Bonchev–Trinajstić information content (AvgIpc) is 2.54. The molecule has 0 saturated heterocycles. The summed E-state index contributed by atoms with van der Waals surface area (Å²) in [7, 11) is 0. The average molecular weight is 313 g/mol. The standard InChI is InChI=1S/C20H24FNO/c1-15-5-6-18(14-16(15)2)9-12-20(23)22-13-3-4-17-7-10-19(21)11-8-17/h5-8,10-11,14H,3-4,9,12-13H2,1-2H3,(H,22,23). The third kappa shape index (κ3) is 5.85. The van der Waals surface area contributed by atoms with E-state index in [-0.39, 0.29) is 11.7 Å². The van der Waals surface area contributed by atoms with E-state index < -0.39 is 0 Å². The molecule has 0 fully saturated rings. The zero-order valence-corrected chi connectivity index (χ0v) is 13.9. The molecule has 2 aromatic carbocycles. The summed E-state index contributed by atoms with van der Waals surface area (Å²) in [6.45, 7) is 4.84. The minimum atomic E-state index is -0.214. The van der Waals surface area contributed by atoms with E-state index in [9.17, 15) is 9.18 Å². The first-order chi connectivity index (χ1) is 11.0. The van der Waals surface area contributed by atoms with Crippen LogP contribution < -0.4 is 5.32 Å². The van der Waals surface area contributed by atoms with E-state index in [1.807, 2.05) is 0 Å². The number of rotatable bonds is 7. The van der Waals surface area contributed by atoms with E-state index in [1.165, 1.54) is 28.8 Å². The maximum Gasteiger partial charge on any atom is 0.220 e. The lowest BCUT2D eigenvalue weighted by molar-refractivity contribution is -0.121. The van der Waals surface area contributed by atoms with Crippen LogP contribution in [0.4, 0.5) is 4.39 Å². The number of nitrogens with one attached hydrogen (secondary N) is 1. The monoisotopic (exact) mass is 313 g/mol. The van der Waals surface area contributed by atoms with E-state index in [0.717, 1.165) is 24.8 Å². The van der Waals surface area contributed by atoms with Crippen molar-refractivity contribution < 1.29 is 9.18 Å².